The number of non-ortho nitro benzene ring substituents is 1. The van der Waals surface area contributed by atoms with Crippen molar-refractivity contribution in [2.75, 3.05) is 25.6 Å². The molecule has 0 bridgehead atoms. The lowest BCUT2D eigenvalue weighted by Gasteiger charge is -2.14. The van der Waals surface area contributed by atoms with E-state index >= 15 is 0 Å². The van der Waals surface area contributed by atoms with Crippen LogP contribution < -0.4 is 14.8 Å². The molecule has 12 nitrogen and oxygen atoms in total. The van der Waals surface area contributed by atoms with Gasteiger partial charge in [0.2, 0.25) is 5.91 Å². The van der Waals surface area contributed by atoms with E-state index in [1.807, 2.05) is 0 Å². The normalized spacial score (nSPS) is 13.6. The number of imide groups is 1. The van der Waals surface area contributed by atoms with Gasteiger partial charge < -0.3 is 19.5 Å². The van der Waals surface area contributed by atoms with Gasteiger partial charge in [0.1, 0.15) is 13.2 Å². The lowest BCUT2D eigenvalue weighted by atomic mass is 10.1. The number of nitro benzene ring substituents is 1. The summed E-state index contributed by atoms with van der Waals surface area (Å²) in [5.41, 5.74) is 1.47. The molecule has 1 heterocycles. The highest BCUT2D eigenvalue weighted by Gasteiger charge is 2.36. The van der Waals surface area contributed by atoms with E-state index in [9.17, 15) is 29.3 Å². The number of rotatable bonds is 11. The molecule has 3 amide bonds. The van der Waals surface area contributed by atoms with Crippen LogP contribution in [0.2, 0.25) is 5.02 Å². The number of halogens is 2. The van der Waals surface area contributed by atoms with Gasteiger partial charge in [0.25, 0.3) is 16.8 Å². The number of carbonyl (C=O) groups is 4. The summed E-state index contributed by atoms with van der Waals surface area (Å²) >= 11 is 10.2. The molecule has 0 saturated carbocycles. The van der Waals surface area contributed by atoms with Crippen LogP contribution in [0.25, 0.3) is 6.08 Å². The van der Waals surface area contributed by atoms with Gasteiger partial charge in [-0.2, -0.15) is 0 Å². The molecule has 228 valence electrons. The summed E-state index contributed by atoms with van der Waals surface area (Å²) in [6.45, 7) is 1.35. The molecule has 0 unspecified atom stereocenters. The molecule has 1 saturated heterocycles. The first-order chi connectivity index (χ1) is 21.0. The van der Waals surface area contributed by atoms with Crippen LogP contribution in [0.5, 0.6) is 11.5 Å². The van der Waals surface area contributed by atoms with Crippen molar-refractivity contribution in [2.24, 2.45) is 0 Å². The van der Waals surface area contributed by atoms with E-state index < -0.39 is 34.5 Å². The predicted octanol–water partition coefficient (Wildman–Crippen LogP) is 6.45. The summed E-state index contributed by atoms with van der Waals surface area (Å²) in [4.78, 5) is 61.8. The Morgan fingerprint density at radius 1 is 1.11 bits per heavy atom. The number of ether oxygens (including phenoxy) is 3. The third-order valence-electron chi connectivity index (χ3n) is 6.03. The van der Waals surface area contributed by atoms with E-state index in [0.29, 0.717) is 38.9 Å². The standard InChI is InChI=1S/C29H23BrClN3O9S/c1-3-42-28(37)20-12-18(6-9-22(20)31)32-26(35)14-33-27(36)25(44-29(33)38)11-17-10-23(41-2)24(13-21(17)30)43-15-16-4-7-19(8-5-16)34(39)40/h4-13H,3,14-15H2,1-2H3,(H,32,35)/b25-11+. The molecule has 4 rings (SSSR count). The Hall–Kier alpha value is -4.40. The number of nitrogens with zero attached hydrogens (tertiary/aromatic N) is 2. The lowest BCUT2D eigenvalue weighted by molar-refractivity contribution is -0.384. The molecule has 0 aliphatic carbocycles. The summed E-state index contributed by atoms with van der Waals surface area (Å²) in [5, 5.41) is 12.9. The molecule has 3 aromatic carbocycles. The molecule has 0 spiro atoms. The molecule has 0 radical (unpaired) electrons. The quantitative estimate of drug-likeness (QED) is 0.102. The van der Waals surface area contributed by atoms with Crippen molar-refractivity contribution in [3.63, 3.8) is 0 Å². The zero-order chi connectivity index (χ0) is 32.0. The number of esters is 1. The van der Waals surface area contributed by atoms with E-state index in [1.54, 1.807) is 31.2 Å². The number of anilines is 1. The average molecular weight is 705 g/mol. The molecule has 15 heteroatoms. The second-order valence-corrected chi connectivity index (χ2v) is 11.2. The zero-order valence-corrected chi connectivity index (χ0v) is 26.3. The number of hydrogen-bond acceptors (Lipinski definition) is 10. The molecular weight excluding hydrogens is 682 g/mol. The third-order valence-corrected chi connectivity index (χ3v) is 7.96. The van der Waals surface area contributed by atoms with Crippen LogP contribution in [-0.2, 0) is 20.9 Å². The maximum Gasteiger partial charge on any atom is 0.339 e. The zero-order valence-electron chi connectivity index (χ0n) is 23.1. The Morgan fingerprint density at radius 2 is 1.84 bits per heavy atom. The van der Waals surface area contributed by atoms with Crippen molar-refractivity contribution in [1.29, 1.82) is 0 Å². The molecule has 1 N–H and O–H groups in total. The van der Waals surface area contributed by atoms with E-state index in [2.05, 4.69) is 21.2 Å². The molecule has 0 atom stereocenters. The van der Waals surface area contributed by atoms with Crippen molar-refractivity contribution in [3.05, 3.63) is 95.8 Å². The number of amides is 3. The largest absolute Gasteiger partial charge is 0.493 e. The summed E-state index contributed by atoms with van der Waals surface area (Å²) in [7, 11) is 1.44. The van der Waals surface area contributed by atoms with Crippen LogP contribution in [0.4, 0.5) is 16.2 Å². The van der Waals surface area contributed by atoms with Gasteiger partial charge in [-0.25, -0.2) is 4.79 Å². The highest BCUT2D eigenvalue weighted by molar-refractivity contribution is 9.10. The smallest absolute Gasteiger partial charge is 0.339 e. The molecule has 1 fully saturated rings. The minimum atomic E-state index is -0.664. The molecule has 44 heavy (non-hydrogen) atoms. The van der Waals surface area contributed by atoms with Crippen molar-refractivity contribution >= 4 is 79.8 Å². The Morgan fingerprint density at radius 3 is 2.50 bits per heavy atom. The molecular formula is C29H23BrClN3O9S. The average Bonchev–Trinajstić information content (AvgIpc) is 3.25. The SMILES string of the molecule is CCOC(=O)c1cc(NC(=O)CN2C(=O)S/C(=C/c3cc(OC)c(OCc4ccc([N+](=O)[O-])cc4)cc3Br)C2=O)ccc1Cl. The number of benzene rings is 3. The molecule has 0 aromatic heterocycles. The van der Waals surface area contributed by atoms with Crippen LogP contribution in [0.3, 0.4) is 0 Å². The summed E-state index contributed by atoms with van der Waals surface area (Å²) in [6.07, 6.45) is 1.49. The highest BCUT2D eigenvalue weighted by atomic mass is 79.9. The third kappa shape index (κ3) is 7.75. The first-order valence-electron chi connectivity index (χ1n) is 12.8. The number of nitro groups is 1. The van der Waals surface area contributed by atoms with Crippen molar-refractivity contribution in [3.8, 4) is 11.5 Å². The van der Waals surface area contributed by atoms with E-state index in [1.165, 1.54) is 43.5 Å². The molecule has 1 aliphatic heterocycles. The lowest BCUT2D eigenvalue weighted by Crippen LogP contribution is -2.36. The van der Waals surface area contributed by atoms with Gasteiger partial charge in [-0.15, -0.1) is 0 Å². The van der Waals surface area contributed by atoms with Crippen molar-refractivity contribution in [1.82, 2.24) is 4.90 Å². The maximum absolute atomic E-state index is 13.1. The van der Waals surface area contributed by atoms with Crippen LogP contribution in [0.15, 0.2) is 64.0 Å². The number of nitrogens with one attached hydrogen (secondary N) is 1. The van der Waals surface area contributed by atoms with Crippen molar-refractivity contribution < 1.29 is 38.3 Å². The van der Waals surface area contributed by atoms with E-state index in [0.717, 1.165) is 4.90 Å². The first-order valence-corrected chi connectivity index (χ1v) is 14.7. The van der Waals surface area contributed by atoms with Crippen LogP contribution >= 0.6 is 39.3 Å². The van der Waals surface area contributed by atoms with E-state index in [4.69, 9.17) is 25.8 Å². The Bertz CT molecular complexity index is 1680. The van der Waals surface area contributed by atoms with Crippen LogP contribution in [0.1, 0.15) is 28.4 Å². The number of hydrogen-bond donors (Lipinski definition) is 1. The predicted molar refractivity (Wildman–Crippen MR) is 167 cm³/mol. The Labute approximate surface area is 268 Å². The first kappa shape index (κ1) is 32.5. The summed E-state index contributed by atoms with van der Waals surface area (Å²) < 4.78 is 16.8. The molecule has 3 aromatic rings. The topological polar surface area (TPSA) is 154 Å². The second kappa shape index (κ2) is 14.4. The van der Waals surface area contributed by atoms with Crippen LogP contribution in [-0.4, -0.2) is 53.1 Å². The second-order valence-electron chi connectivity index (χ2n) is 8.97. The van der Waals surface area contributed by atoms with Gasteiger partial charge >= 0.3 is 5.97 Å². The Kier molecular flexibility index (Phi) is 10.6. The van der Waals surface area contributed by atoms with Crippen molar-refractivity contribution in [2.45, 2.75) is 13.5 Å². The highest BCUT2D eigenvalue weighted by Crippen LogP contribution is 2.38. The number of methoxy groups -OCH3 is 1. The number of thioether (sulfide) groups is 1. The van der Waals surface area contributed by atoms with Gasteiger partial charge in [0, 0.05) is 22.3 Å². The summed E-state index contributed by atoms with van der Waals surface area (Å²) in [5.74, 6) is -1.28. The fraction of sp³-hybridized carbons (Fsp3) is 0.172. The minimum Gasteiger partial charge on any atom is -0.493 e. The fourth-order valence-corrected chi connectivity index (χ4v) is 5.36. The van der Waals surface area contributed by atoms with Gasteiger partial charge in [-0.1, -0.05) is 27.5 Å². The van der Waals surface area contributed by atoms with Crippen LogP contribution in [0, 0.1) is 10.1 Å². The maximum atomic E-state index is 13.1. The monoisotopic (exact) mass is 703 g/mol. The number of carbonyl (C=O) groups excluding carboxylic acids is 4. The van der Waals surface area contributed by atoms with Gasteiger partial charge in [0.05, 0.1) is 34.1 Å². The van der Waals surface area contributed by atoms with Gasteiger partial charge in [-0.05, 0) is 78.4 Å². The van der Waals surface area contributed by atoms with E-state index in [-0.39, 0.29) is 40.1 Å². The summed E-state index contributed by atoms with van der Waals surface area (Å²) in [6, 6.07) is 13.4. The minimum absolute atomic E-state index is 0.0327. The molecule has 1 aliphatic rings. The Balaban J connectivity index is 1.44. The van der Waals surface area contributed by atoms with Gasteiger partial charge in [-0.3, -0.25) is 29.4 Å². The van der Waals surface area contributed by atoms with Gasteiger partial charge in [0.15, 0.2) is 11.5 Å². The fourth-order valence-electron chi connectivity index (χ4n) is 3.90.